The highest BCUT2D eigenvalue weighted by Crippen LogP contribution is 2.53. The van der Waals surface area contributed by atoms with Crippen molar-refractivity contribution in [2.24, 2.45) is 0 Å². The first-order chi connectivity index (χ1) is 9.33. The molecule has 0 aliphatic carbocycles. The van der Waals surface area contributed by atoms with E-state index in [9.17, 15) is 4.79 Å². The minimum absolute atomic E-state index is 0.0414. The zero-order valence-corrected chi connectivity index (χ0v) is 12.9. The Hall–Kier alpha value is -0.690. The fourth-order valence-corrected chi connectivity index (χ4v) is 5.80. The fourth-order valence-electron chi connectivity index (χ4n) is 1.46. The molecular weight excluding hydrogens is 314 g/mol. The third kappa shape index (κ3) is 3.25. The van der Waals surface area contributed by atoms with Gasteiger partial charge in [0.25, 0.3) is 5.91 Å². The Balaban J connectivity index is 1.65. The van der Waals surface area contributed by atoms with Gasteiger partial charge in [0.2, 0.25) is 0 Å². The number of thioether (sulfide) groups is 4. The van der Waals surface area contributed by atoms with Gasteiger partial charge in [0.05, 0.1) is 13.4 Å². The summed E-state index contributed by atoms with van der Waals surface area (Å²) in [7, 11) is 0. The second-order valence-corrected chi connectivity index (χ2v) is 7.89. The lowest BCUT2D eigenvalue weighted by atomic mass is 10.3. The van der Waals surface area contributed by atoms with Gasteiger partial charge in [0.15, 0.2) is 0 Å². The molecule has 2 aliphatic heterocycles. The Morgan fingerprint density at radius 3 is 2.42 bits per heavy atom. The van der Waals surface area contributed by atoms with Gasteiger partial charge < -0.3 is 5.32 Å². The van der Waals surface area contributed by atoms with Crippen molar-refractivity contribution in [3.8, 4) is 0 Å². The highest BCUT2D eigenvalue weighted by Gasteiger charge is 2.22. The molecule has 0 spiro atoms. The van der Waals surface area contributed by atoms with Crippen molar-refractivity contribution in [1.82, 2.24) is 0 Å². The Kier molecular flexibility index (Phi) is 4.32. The molecule has 96 valence electrons. The first-order valence-corrected chi connectivity index (χ1v) is 8.92. The van der Waals surface area contributed by atoms with Crippen LogP contribution in [0.4, 0.5) is 5.69 Å². The van der Waals surface area contributed by atoms with Gasteiger partial charge >= 0.3 is 0 Å². The van der Waals surface area contributed by atoms with E-state index in [0.717, 1.165) is 10.6 Å². The summed E-state index contributed by atoms with van der Waals surface area (Å²) in [6, 6.07) is 9.52. The van der Waals surface area contributed by atoms with Crippen LogP contribution in [-0.2, 0) is 4.79 Å². The van der Waals surface area contributed by atoms with Crippen LogP contribution in [0.5, 0.6) is 0 Å². The smallest absolute Gasteiger partial charge is 0.262 e. The van der Waals surface area contributed by atoms with Crippen molar-refractivity contribution < 1.29 is 4.79 Å². The SMILES string of the molecule is O=C(Nc1ccccc1)C1=CSC(=C2SC=CS2)S1. The maximum atomic E-state index is 12.1. The van der Waals surface area contributed by atoms with Crippen LogP contribution in [0, 0.1) is 0 Å². The summed E-state index contributed by atoms with van der Waals surface area (Å²) in [5.74, 6) is -0.0414. The first-order valence-electron chi connectivity index (χ1n) is 5.46. The lowest BCUT2D eigenvalue weighted by Gasteiger charge is -2.05. The molecule has 0 atom stereocenters. The molecule has 19 heavy (non-hydrogen) atoms. The Morgan fingerprint density at radius 1 is 0.947 bits per heavy atom. The number of nitrogens with one attached hydrogen (secondary N) is 1. The predicted molar refractivity (Wildman–Crippen MR) is 89.7 cm³/mol. The van der Waals surface area contributed by atoms with Crippen LogP contribution >= 0.6 is 47.0 Å². The molecule has 3 rings (SSSR count). The molecule has 0 saturated carbocycles. The first kappa shape index (κ1) is 13.3. The summed E-state index contributed by atoms with van der Waals surface area (Å²) in [5.41, 5.74) is 0.825. The molecule has 1 aromatic carbocycles. The van der Waals surface area contributed by atoms with Crippen LogP contribution in [0.1, 0.15) is 0 Å². The van der Waals surface area contributed by atoms with Crippen LogP contribution in [0.25, 0.3) is 0 Å². The van der Waals surface area contributed by atoms with E-state index in [1.165, 1.54) is 8.47 Å². The van der Waals surface area contributed by atoms with Gasteiger partial charge in [0.1, 0.15) is 0 Å². The fraction of sp³-hybridized carbons (Fsp3) is 0. The number of anilines is 1. The zero-order chi connectivity index (χ0) is 13.1. The monoisotopic (exact) mass is 323 g/mol. The number of benzene rings is 1. The van der Waals surface area contributed by atoms with Crippen LogP contribution in [0.3, 0.4) is 0 Å². The Morgan fingerprint density at radius 2 is 1.68 bits per heavy atom. The van der Waals surface area contributed by atoms with E-state index in [1.807, 2.05) is 35.7 Å². The Bertz CT molecular complexity index is 582. The number of rotatable bonds is 2. The van der Waals surface area contributed by atoms with Gasteiger partial charge in [-0.25, -0.2) is 0 Å². The number of hydrogen-bond donors (Lipinski definition) is 1. The summed E-state index contributed by atoms with van der Waals surface area (Å²) < 4.78 is 2.45. The van der Waals surface area contributed by atoms with E-state index in [2.05, 4.69) is 16.1 Å². The Labute approximate surface area is 128 Å². The van der Waals surface area contributed by atoms with Crippen molar-refractivity contribution in [2.75, 3.05) is 5.32 Å². The van der Waals surface area contributed by atoms with Gasteiger partial charge in [-0.1, -0.05) is 65.2 Å². The highest BCUT2D eigenvalue weighted by atomic mass is 32.2. The van der Waals surface area contributed by atoms with E-state index < -0.39 is 0 Å². The largest absolute Gasteiger partial charge is 0.322 e. The zero-order valence-electron chi connectivity index (χ0n) is 9.66. The molecule has 0 saturated heterocycles. The number of carbonyl (C=O) groups is 1. The van der Waals surface area contributed by atoms with Crippen molar-refractivity contribution >= 4 is 58.6 Å². The maximum Gasteiger partial charge on any atom is 0.262 e. The molecule has 0 radical (unpaired) electrons. The molecule has 0 unspecified atom stereocenters. The number of para-hydroxylation sites is 1. The minimum Gasteiger partial charge on any atom is -0.322 e. The van der Waals surface area contributed by atoms with Gasteiger partial charge in [-0.15, -0.1) is 0 Å². The number of carbonyl (C=O) groups excluding carboxylic acids is 1. The lowest BCUT2D eigenvalue weighted by molar-refractivity contribution is -0.112. The molecule has 0 bridgehead atoms. The maximum absolute atomic E-state index is 12.1. The van der Waals surface area contributed by atoms with Crippen molar-refractivity contribution in [2.45, 2.75) is 0 Å². The molecule has 2 nitrogen and oxygen atoms in total. The molecule has 1 aromatic rings. The summed E-state index contributed by atoms with van der Waals surface area (Å²) in [4.78, 5) is 12.9. The predicted octanol–water partition coefficient (Wildman–Crippen LogP) is 5.02. The summed E-state index contributed by atoms with van der Waals surface area (Å²) in [6.07, 6.45) is 0. The topological polar surface area (TPSA) is 29.1 Å². The number of hydrogen-bond acceptors (Lipinski definition) is 5. The molecule has 1 N–H and O–H groups in total. The van der Waals surface area contributed by atoms with Crippen LogP contribution in [-0.4, -0.2) is 5.91 Å². The average molecular weight is 323 g/mol. The quantitative estimate of drug-likeness (QED) is 0.825. The van der Waals surface area contributed by atoms with E-state index >= 15 is 0 Å². The standard InChI is InChI=1S/C13H9NOS4/c15-11(14-9-4-2-1-3-5-9)10-8-18-13(19-10)12-16-6-7-17-12/h1-8H,(H,14,15). The third-order valence-electron chi connectivity index (χ3n) is 2.30. The van der Waals surface area contributed by atoms with Crippen LogP contribution in [0.15, 0.2) is 59.9 Å². The van der Waals surface area contributed by atoms with Crippen molar-refractivity contribution in [3.63, 3.8) is 0 Å². The molecule has 1 amide bonds. The second kappa shape index (κ2) is 6.17. The van der Waals surface area contributed by atoms with Gasteiger partial charge in [-0.05, 0) is 28.4 Å². The molecular formula is C13H9NOS4. The van der Waals surface area contributed by atoms with Crippen LogP contribution in [0.2, 0.25) is 0 Å². The average Bonchev–Trinajstić information content (AvgIpc) is 3.11. The van der Waals surface area contributed by atoms with Crippen molar-refractivity contribution in [3.05, 3.63) is 59.9 Å². The van der Waals surface area contributed by atoms with E-state index in [1.54, 1.807) is 47.0 Å². The van der Waals surface area contributed by atoms with Crippen molar-refractivity contribution in [1.29, 1.82) is 0 Å². The normalized spacial score (nSPS) is 17.8. The van der Waals surface area contributed by atoms with E-state index in [0.29, 0.717) is 0 Å². The van der Waals surface area contributed by atoms with Gasteiger partial charge in [-0.3, -0.25) is 4.79 Å². The summed E-state index contributed by atoms with van der Waals surface area (Å²) in [5, 5.41) is 8.95. The van der Waals surface area contributed by atoms with E-state index in [4.69, 9.17) is 0 Å². The molecule has 2 aliphatic rings. The summed E-state index contributed by atoms with van der Waals surface area (Å²) in [6.45, 7) is 0. The van der Waals surface area contributed by atoms with Crippen LogP contribution < -0.4 is 5.32 Å². The molecule has 2 heterocycles. The van der Waals surface area contributed by atoms with Gasteiger partial charge in [-0.2, -0.15) is 0 Å². The summed E-state index contributed by atoms with van der Waals surface area (Å²) >= 11 is 6.60. The van der Waals surface area contributed by atoms with Gasteiger partial charge in [0, 0.05) is 5.69 Å². The highest BCUT2D eigenvalue weighted by molar-refractivity contribution is 8.33. The lowest BCUT2D eigenvalue weighted by Crippen LogP contribution is -2.11. The third-order valence-corrected chi connectivity index (χ3v) is 7.32. The second-order valence-electron chi connectivity index (χ2n) is 3.60. The number of amides is 1. The molecule has 0 fully saturated rings. The van der Waals surface area contributed by atoms with E-state index in [-0.39, 0.29) is 5.91 Å². The molecule has 6 heteroatoms. The minimum atomic E-state index is -0.0414. The molecule has 0 aromatic heterocycles.